The van der Waals surface area contributed by atoms with Crippen molar-refractivity contribution in [2.75, 3.05) is 12.0 Å². The molecule has 0 aliphatic heterocycles. The zero-order valence-electron chi connectivity index (χ0n) is 13.6. The van der Waals surface area contributed by atoms with Gasteiger partial charge >= 0.3 is 0 Å². The summed E-state index contributed by atoms with van der Waals surface area (Å²) in [6.45, 7) is 4.19. The van der Waals surface area contributed by atoms with Gasteiger partial charge in [-0.25, -0.2) is 13.1 Å². The van der Waals surface area contributed by atoms with Gasteiger partial charge in [0.25, 0.3) is 0 Å². The minimum atomic E-state index is -3.44. The van der Waals surface area contributed by atoms with Crippen LogP contribution in [0.1, 0.15) is 25.8 Å². The highest BCUT2D eigenvalue weighted by Gasteiger charge is 2.12. The van der Waals surface area contributed by atoms with E-state index < -0.39 is 10.0 Å². The third kappa shape index (κ3) is 5.06. The van der Waals surface area contributed by atoms with Crippen LogP contribution in [-0.2, 0) is 10.0 Å². The molecule has 0 saturated heterocycles. The molecule has 0 aromatic heterocycles. The molecule has 0 aliphatic carbocycles. The van der Waals surface area contributed by atoms with Gasteiger partial charge in [-0.3, -0.25) is 5.43 Å². The molecule has 0 spiro atoms. The van der Waals surface area contributed by atoms with E-state index in [4.69, 9.17) is 11.6 Å². The van der Waals surface area contributed by atoms with Gasteiger partial charge in [0.05, 0.1) is 16.3 Å². The highest BCUT2D eigenvalue weighted by molar-refractivity contribution is 7.89. The van der Waals surface area contributed by atoms with E-state index in [9.17, 15) is 8.42 Å². The van der Waals surface area contributed by atoms with Gasteiger partial charge in [-0.05, 0) is 55.3 Å². The van der Waals surface area contributed by atoms with Gasteiger partial charge < -0.3 is 0 Å². The molecule has 0 atom stereocenters. The van der Waals surface area contributed by atoms with Crippen molar-refractivity contribution in [3.05, 3.63) is 59.1 Å². The minimum absolute atomic E-state index is 0.248. The molecule has 24 heavy (non-hydrogen) atoms. The number of sulfonamides is 1. The Morgan fingerprint density at radius 2 is 1.71 bits per heavy atom. The lowest BCUT2D eigenvalue weighted by molar-refractivity contribution is 0.581. The second-order valence-electron chi connectivity index (χ2n) is 5.24. The lowest BCUT2D eigenvalue weighted by Crippen LogP contribution is -2.24. The van der Waals surface area contributed by atoms with E-state index in [0.717, 1.165) is 23.4 Å². The molecule has 0 bridgehead atoms. The molecule has 7 heteroatoms. The number of benzene rings is 2. The van der Waals surface area contributed by atoms with Gasteiger partial charge in [0.15, 0.2) is 0 Å². The van der Waals surface area contributed by atoms with Crippen molar-refractivity contribution >= 4 is 33.0 Å². The Kier molecular flexibility index (Phi) is 6.36. The van der Waals surface area contributed by atoms with Crippen LogP contribution in [0, 0.1) is 0 Å². The summed E-state index contributed by atoms with van der Waals surface area (Å²) in [5, 5.41) is 4.96. The fourth-order valence-electron chi connectivity index (χ4n) is 1.93. The van der Waals surface area contributed by atoms with E-state index in [1.807, 2.05) is 26.0 Å². The third-order valence-corrected chi connectivity index (χ3v) is 5.05. The van der Waals surface area contributed by atoms with Crippen LogP contribution in [0.3, 0.4) is 0 Å². The quantitative estimate of drug-likeness (QED) is 0.578. The summed E-state index contributed by atoms with van der Waals surface area (Å²) >= 11 is 5.84. The Bertz CT molecular complexity index is 801. The SMILES string of the molecule is CCCNS(=O)(=O)c1ccc(/C(C)=N\Nc2ccc(Cl)cc2)cc1. The maximum absolute atomic E-state index is 12.0. The molecule has 128 valence electrons. The van der Waals surface area contributed by atoms with E-state index in [2.05, 4.69) is 15.2 Å². The average molecular weight is 366 g/mol. The second-order valence-corrected chi connectivity index (χ2v) is 7.44. The first-order chi connectivity index (χ1) is 11.4. The van der Waals surface area contributed by atoms with E-state index in [0.29, 0.717) is 11.6 Å². The number of anilines is 1. The van der Waals surface area contributed by atoms with Crippen LogP contribution in [-0.4, -0.2) is 20.7 Å². The zero-order chi connectivity index (χ0) is 17.6. The second kappa shape index (κ2) is 8.28. The van der Waals surface area contributed by atoms with Gasteiger partial charge in [-0.15, -0.1) is 0 Å². The largest absolute Gasteiger partial charge is 0.278 e. The molecule has 0 fully saturated rings. The summed E-state index contributed by atoms with van der Waals surface area (Å²) in [7, 11) is -3.44. The molecule has 2 aromatic rings. The van der Waals surface area contributed by atoms with Gasteiger partial charge in [-0.2, -0.15) is 5.10 Å². The van der Waals surface area contributed by atoms with Gasteiger partial charge in [0.1, 0.15) is 0 Å². The standard InChI is InChI=1S/C17H20ClN3O2S/c1-3-12-19-24(22,23)17-10-4-14(5-11-17)13(2)20-21-16-8-6-15(18)7-9-16/h4-11,19,21H,3,12H2,1-2H3/b20-13-. The van der Waals surface area contributed by atoms with Gasteiger partial charge in [0.2, 0.25) is 10.0 Å². The Balaban J connectivity index is 2.09. The zero-order valence-corrected chi connectivity index (χ0v) is 15.2. The normalized spacial score (nSPS) is 12.2. The summed E-state index contributed by atoms with van der Waals surface area (Å²) in [5.74, 6) is 0. The number of hydrogen-bond donors (Lipinski definition) is 2. The smallest absolute Gasteiger partial charge is 0.240 e. The van der Waals surface area contributed by atoms with Crippen LogP contribution < -0.4 is 10.1 Å². The molecule has 0 amide bonds. The number of rotatable bonds is 7. The minimum Gasteiger partial charge on any atom is -0.278 e. The van der Waals surface area contributed by atoms with E-state index >= 15 is 0 Å². The predicted molar refractivity (Wildman–Crippen MR) is 99.2 cm³/mol. The van der Waals surface area contributed by atoms with Crippen molar-refractivity contribution in [2.24, 2.45) is 5.10 Å². The van der Waals surface area contributed by atoms with Crippen molar-refractivity contribution in [2.45, 2.75) is 25.2 Å². The van der Waals surface area contributed by atoms with Crippen LogP contribution in [0.15, 0.2) is 58.5 Å². The van der Waals surface area contributed by atoms with Crippen LogP contribution in [0.2, 0.25) is 5.02 Å². The molecule has 0 heterocycles. The van der Waals surface area contributed by atoms with Crippen LogP contribution in [0.5, 0.6) is 0 Å². The molecular weight excluding hydrogens is 346 g/mol. The summed E-state index contributed by atoms with van der Waals surface area (Å²) in [6.07, 6.45) is 0.749. The lowest BCUT2D eigenvalue weighted by Gasteiger charge is -2.07. The summed E-state index contributed by atoms with van der Waals surface area (Å²) < 4.78 is 26.6. The van der Waals surface area contributed by atoms with Gasteiger partial charge in [0, 0.05) is 11.6 Å². The van der Waals surface area contributed by atoms with E-state index in [-0.39, 0.29) is 4.90 Å². The van der Waals surface area contributed by atoms with Crippen LogP contribution in [0.4, 0.5) is 5.69 Å². The first kappa shape index (κ1) is 18.4. The Hall–Kier alpha value is -1.89. The Labute approximate surface area is 147 Å². The molecule has 5 nitrogen and oxygen atoms in total. The number of halogens is 1. The van der Waals surface area contributed by atoms with Crippen LogP contribution in [0.25, 0.3) is 0 Å². The van der Waals surface area contributed by atoms with Crippen molar-refractivity contribution < 1.29 is 8.42 Å². The van der Waals surface area contributed by atoms with Crippen molar-refractivity contribution in [3.63, 3.8) is 0 Å². The molecule has 2 N–H and O–H groups in total. The average Bonchev–Trinajstić information content (AvgIpc) is 2.59. The molecule has 2 aromatic carbocycles. The van der Waals surface area contributed by atoms with E-state index in [1.165, 1.54) is 0 Å². The van der Waals surface area contributed by atoms with Crippen molar-refractivity contribution in [1.29, 1.82) is 0 Å². The number of hydrazone groups is 1. The number of hydrogen-bond acceptors (Lipinski definition) is 4. The lowest BCUT2D eigenvalue weighted by atomic mass is 10.1. The van der Waals surface area contributed by atoms with Crippen molar-refractivity contribution in [3.8, 4) is 0 Å². The van der Waals surface area contributed by atoms with Gasteiger partial charge in [-0.1, -0.05) is 30.7 Å². The summed E-state index contributed by atoms with van der Waals surface area (Å²) in [4.78, 5) is 0.248. The molecule has 0 radical (unpaired) electrons. The molecule has 0 saturated carbocycles. The monoisotopic (exact) mass is 365 g/mol. The number of nitrogens with zero attached hydrogens (tertiary/aromatic N) is 1. The Morgan fingerprint density at radius 3 is 2.29 bits per heavy atom. The topological polar surface area (TPSA) is 70.6 Å². The molecule has 2 rings (SSSR count). The van der Waals surface area contributed by atoms with Crippen molar-refractivity contribution in [1.82, 2.24) is 4.72 Å². The fraction of sp³-hybridized carbons (Fsp3) is 0.235. The Morgan fingerprint density at radius 1 is 1.08 bits per heavy atom. The number of nitrogens with one attached hydrogen (secondary N) is 2. The molecule has 0 aliphatic rings. The first-order valence-electron chi connectivity index (χ1n) is 7.58. The highest BCUT2D eigenvalue weighted by atomic mass is 35.5. The fourth-order valence-corrected chi connectivity index (χ4v) is 3.19. The highest BCUT2D eigenvalue weighted by Crippen LogP contribution is 2.14. The maximum Gasteiger partial charge on any atom is 0.240 e. The summed E-state index contributed by atoms with van der Waals surface area (Å²) in [5.41, 5.74) is 5.35. The molecular formula is C17H20ClN3O2S. The third-order valence-electron chi connectivity index (χ3n) is 3.32. The molecule has 0 unspecified atom stereocenters. The predicted octanol–water partition coefficient (Wildman–Crippen LogP) is 3.86. The van der Waals surface area contributed by atoms with E-state index in [1.54, 1.807) is 36.4 Å². The van der Waals surface area contributed by atoms with Crippen LogP contribution >= 0.6 is 11.6 Å². The summed E-state index contributed by atoms with van der Waals surface area (Å²) in [6, 6.07) is 13.8. The first-order valence-corrected chi connectivity index (χ1v) is 9.44. The maximum atomic E-state index is 12.0.